The number of rotatable bonds is 2. The molecule has 0 aliphatic rings. The molecule has 2 rings (SSSR count). The van der Waals surface area contributed by atoms with Gasteiger partial charge in [-0.1, -0.05) is 32.0 Å². The average molecular weight is 185 g/mol. The Balaban J connectivity index is 2.78. The second-order valence-corrected chi connectivity index (χ2v) is 3.49. The first-order chi connectivity index (χ1) is 6.86. The molecule has 0 unspecified atom stereocenters. The van der Waals surface area contributed by atoms with E-state index in [-0.39, 0.29) is 0 Å². The first-order valence-electron chi connectivity index (χ1n) is 5.22. The third kappa shape index (κ3) is 1.39. The lowest BCUT2D eigenvalue weighted by atomic mass is 10.0. The molecule has 1 heterocycles. The molecule has 0 saturated carbocycles. The van der Waals surface area contributed by atoms with Crippen LogP contribution in [-0.4, -0.2) is 4.98 Å². The maximum atomic E-state index is 4.46. The fraction of sp³-hybridized carbons (Fsp3) is 0.308. The Bertz CT molecular complexity index is 403. The zero-order valence-corrected chi connectivity index (χ0v) is 8.75. The molecule has 72 valence electrons. The van der Waals surface area contributed by atoms with Gasteiger partial charge in [-0.25, -0.2) is 0 Å². The van der Waals surface area contributed by atoms with Crippen LogP contribution in [-0.2, 0) is 12.8 Å². The summed E-state index contributed by atoms with van der Waals surface area (Å²) in [5, 5.41) is 1.31. The van der Waals surface area contributed by atoms with Gasteiger partial charge in [-0.2, -0.15) is 0 Å². The molecule has 0 bridgehead atoms. The smallest absolute Gasteiger partial charge is 0.0736 e. The fourth-order valence-corrected chi connectivity index (χ4v) is 1.88. The number of aromatic nitrogens is 1. The maximum absolute atomic E-state index is 4.46. The van der Waals surface area contributed by atoms with Crippen LogP contribution in [0.2, 0.25) is 0 Å². The van der Waals surface area contributed by atoms with E-state index in [1.54, 1.807) is 0 Å². The molecule has 1 heteroatoms. The summed E-state index contributed by atoms with van der Waals surface area (Å²) in [4.78, 5) is 4.46. The van der Waals surface area contributed by atoms with Crippen molar-refractivity contribution in [3.05, 3.63) is 41.6 Å². The highest BCUT2D eigenvalue weighted by Crippen LogP contribution is 2.21. The Labute approximate surface area is 84.8 Å². The molecule has 0 atom stereocenters. The quantitative estimate of drug-likeness (QED) is 0.699. The van der Waals surface area contributed by atoms with Crippen LogP contribution in [0, 0.1) is 0 Å². The molecule has 0 fully saturated rings. The number of hydrogen-bond acceptors (Lipinski definition) is 1. The van der Waals surface area contributed by atoms with Gasteiger partial charge in [0.15, 0.2) is 0 Å². The van der Waals surface area contributed by atoms with E-state index in [0.29, 0.717) is 0 Å². The van der Waals surface area contributed by atoms with Gasteiger partial charge in [0, 0.05) is 11.6 Å². The summed E-state index contributed by atoms with van der Waals surface area (Å²) >= 11 is 0. The van der Waals surface area contributed by atoms with Crippen LogP contribution in [0.1, 0.15) is 25.0 Å². The highest BCUT2D eigenvalue weighted by molar-refractivity contribution is 5.85. The Morgan fingerprint density at radius 1 is 1.00 bits per heavy atom. The van der Waals surface area contributed by atoms with Gasteiger partial charge in [0.05, 0.1) is 5.52 Å². The topological polar surface area (TPSA) is 12.9 Å². The third-order valence-electron chi connectivity index (χ3n) is 2.71. The molecule has 2 aromatic rings. The number of benzene rings is 1. The van der Waals surface area contributed by atoms with Gasteiger partial charge in [0.2, 0.25) is 0 Å². The minimum absolute atomic E-state index is 1.05. The monoisotopic (exact) mass is 185 g/mol. The van der Waals surface area contributed by atoms with Gasteiger partial charge in [-0.3, -0.25) is 4.98 Å². The normalized spacial score (nSPS) is 10.7. The number of aryl methyl sites for hydroxylation is 2. The van der Waals surface area contributed by atoms with Crippen LogP contribution in [0.3, 0.4) is 0 Å². The second-order valence-electron chi connectivity index (χ2n) is 3.49. The third-order valence-corrected chi connectivity index (χ3v) is 2.71. The summed E-state index contributed by atoms with van der Waals surface area (Å²) in [5.74, 6) is 0. The molecule has 0 saturated heterocycles. The number of pyridine rings is 1. The van der Waals surface area contributed by atoms with Gasteiger partial charge in [-0.05, 0) is 30.0 Å². The lowest BCUT2D eigenvalue weighted by Crippen LogP contribution is -1.91. The molecule has 0 amide bonds. The van der Waals surface area contributed by atoms with E-state index in [9.17, 15) is 0 Å². The lowest BCUT2D eigenvalue weighted by molar-refractivity contribution is 1.12. The van der Waals surface area contributed by atoms with Crippen molar-refractivity contribution in [3.8, 4) is 0 Å². The van der Waals surface area contributed by atoms with Crippen molar-refractivity contribution in [2.45, 2.75) is 26.7 Å². The van der Waals surface area contributed by atoms with E-state index >= 15 is 0 Å². The van der Waals surface area contributed by atoms with Gasteiger partial charge in [-0.15, -0.1) is 0 Å². The predicted molar refractivity (Wildman–Crippen MR) is 60.5 cm³/mol. The van der Waals surface area contributed by atoms with Gasteiger partial charge >= 0.3 is 0 Å². The van der Waals surface area contributed by atoms with Crippen LogP contribution in [0.4, 0.5) is 0 Å². The largest absolute Gasteiger partial charge is 0.256 e. The molecule has 0 aliphatic heterocycles. The summed E-state index contributed by atoms with van der Waals surface area (Å²) < 4.78 is 0. The summed E-state index contributed by atoms with van der Waals surface area (Å²) in [6, 6.07) is 8.61. The number of nitrogens with zero attached hydrogens (tertiary/aromatic N) is 1. The van der Waals surface area contributed by atoms with E-state index in [4.69, 9.17) is 0 Å². The van der Waals surface area contributed by atoms with Gasteiger partial charge in [0.1, 0.15) is 0 Å². The molecule has 1 nitrogen and oxygen atoms in total. The molecular formula is C13H15N. The number of hydrogen-bond donors (Lipinski definition) is 0. The summed E-state index contributed by atoms with van der Waals surface area (Å²) in [6.45, 7) is 4.36. The van der Waals surface area contributed by atoms with Crippen LogP contribution >= 0.6 is 0 Å². The molecule has 14 heavy (non-hydrogen) atoms. The van der Waals surface area contributed by atoms with Crippen molar-refractivity contribution >= 4 is 10.9 Å². The Kier molecular flexibility index (Phi) is 2.49. The van der Waals surface area contributed by atoms with Crippen molar-refractivity contribution in [3.63, 3.8) is 0 Å². The molecule has 0 N–H and O–H groups in total. The van der Waals surface area contributed by atoms with Crippen molar-refractivity contribution < 1.29 is 0 Å². The summed E-state index contributed by atoms with van der Waals surface area (Å²) in [5.41, 5.74) is 3.91. The average Bonchev–Trinajstić information content (AvgIpc) is 2.27. The minimum Gasteiger partial charge on any atom is -0.256 e. The standard InChI is InChI=1S/C13H15N/c1-3-10-7-8-11(4-2)13-12(10)6-5-9-14-13/h5-9H,3-4H2,1-2H3. The van der Waals surface area contributed by atoms with E-state index < -0.39 is 0 Å². The summed E-state index contributed by atoms with van der Waals surface area (Å²) in [7, 11) is 0. The van der Waals surface area contributed by atoms with Crippen LogP contribution < -0.4 is 0 Å². The van der Waals surface area contributed by atoms with E-state index in [2.05, 4.69) is 37.0 Å². The van der Waals surface area contributed by atoms with E-state index in [1.807, 2.05) is 12.3 Å². The van der Waals surface area contributed by atoms with Crippen LogP contribution in [0.15, 0.2) is 30.5 Å². The molecule has 1 aromatic heterocycles. The zero-order chi connectivity index (χ0) is 9.97. The molecular weight excluding hydrogens is 170 g/mol. The predicted octanol–water partition coefficient (Wildman–Crippen LogP) is 3.36. The fourth-order valence-electron chi connectivity index (χ4n) is 1.88. The van der Waals surface area contributed by atoms with E-state index in [1.165, 1.54) is 22.0 Å². The highest BCUT2D eigenvalue weighted by atomic mass is 14.6. The lowest BCUT2D eigenvalue weighted by Gasteiger charge is -2.07. The molecule has 0 radical (unpaired) electrons. The Morgan fingerprint density at radius 2 is 1.71 bits per heavy atom. The first kappa shape index (κ1) is 9.20. The van der Waals surface area contributed by atoms with Crippen LogP contribution in [0.25, 0.3) is 10.9 Å². The van der Waals surface area contributed by atoms with Crippen molar-refractivity contribution in [2.75, 3.05) is 0 Å². The maximum Gasteiger partial charge on any atom is 0.0736 e. The molecule has 1 aromatic carbocycles. The van der Waals surface area contributed by atoms with E-state index in [0.717, 1.165) is 12.8 Å². The highest BCUT2D eigenvalue weighted by Gasteiger charge is 2.03. The zero-order valence-electron chi connectivity index (χ0n) is 8.75. The molecule has 0 aliphatic carbocycles. The van der Waals surface area contributed by atoms with Crippen molar-refractivity contribution in [1.82, 2.24) is 4.98 Å². The SMILES string of the molecule is CCc1ccc(CC)c2ncccc12. The van der Waals surface area contributed by atoms with Gasteiger partial charge in [0.25, 0.3) is 0 Å². The van der Waals surface area contributed by atoms with Crippen LogP contribution in [0.5, 0.6) is 0 Å². The molecule has 0 spiro atoms. The summed E-state index contributed by atoms with van der Waals surface area (Å²) in [6.07, 6.45) is 4.00. The second kappa shape index (κ2) is 3.79. The number of fused-ring (bicyclic) bond motifs is 1. The Morgan fingerprint density at radius 3 is 2.43 bits per heavy atom. The van der Waals surface area contributed by atoms with Crippen molar-refractivity contribution in [2.24, 2.45) is 0 Å². The Hall–Kier alpha value is -1.37. The van der Waals surface area contributed by atoms with Gasteiger partial charge < -0.3 is 0 Å². The van der Waals surface area contributed by atoms with Crippen molar-refractivity contribution in [1.29, 1.82) is 0 Å². The first-order valence-corrected chi connectivity index (χ1v) is 5.22. The minimum atomic E-state index is 1.05.